The van der Waals surface area contributed by atoms with Gasteiger partial charge in [-0.05, 0) is 36.6 Å². The number of hydrogen-bond acceptors (Lipinski definition) is 6. The topological polar surface area (TPSA) is 80.8 Å². The van der Waals surface area contributed by atoms with Gasteiger partial charge in [0.05, 0.1) is 12.3 Å². The first-order chi connectivity index (χ1) is 14.6. The Labute approximate surface area is 175 Å². The predicted molar refractivity (Wildman–Crippen MR) is 113 cm³/mol. The number of benzene rings is 2. The standard InChI is InChI=1S/C23H24N4O3/c1-16-24-22(30-25-16)13-12-21-14-20(26-29-2)15-27(21)23(28)19-10-8-18(9-11-19)17-6-4-3-5-7-17/h3-11,21H,12-15H2,1-2H3/t21-/m1/s1. The SMILES string of the molecule is CON=C1C[C@@H](CCc2nc(C)no2)N(C(=O)c2ccc(-c3ccccc3)cc2)C1. The maximum atomic E-state index is 13.2. The van der Waals surface area contributed by atoms with Crippen LogP contribution in [0.5, 0.6) is 0 Å². The second-order valence-corrected chi connectivity index (χ2v) is 7.35. The zero-order valence-electron chi connectivity index (χ0n) is 17.1. The molecule has 0 spiro atoms. The molecule has 0 N–H and O–H groups in total. The minimum atomic E-state index is -0.0115. The van der Waals surface area contributed by atoms with Gasteiger partial charge in [0, 0.05) is 24.4 Å². The van der Waals surface area contributed by atoms with Crippen molar-refractivity contribution in [1.29, 1.82) is 0 Å². The fourth-order valence-electron chi connectivity index (χ4n) is 3.80. The van der Waals surface area contributed by atoms with Crippen LogP contribution in [0.4, 0.5) is 0 Å². The van der Waals surface area contributed by atoms with Crippen LogP contribution in [0.15, 0.2) is 64.3 Å². The van der Waals surface area contributed by atoms with Crippen LogP contribution in [0.25, 0.3) is 11.1 Å². The Hall–Kier alpha value is -3.48. The smallest absolute Gasteiger partial charge is 0.254 e. The molecule has 154 valence electrons. The van der Waals surface area contributed by atoms with Crippen molar-refractivity contribution in [1.82, 2.24) is 15.0 Å². The average Bonchev–Trinajstić information content (AvgIpc) is 3.38. The number of aryl methyl sites for hydroxylation is 2. The minimum Gasteiger partial charge on any atom is -0.399 e. The van der Waals surface area contributed by atoms with Gasteiger partial charge in [-0.2, -0.15) is 4.98 Å². The van der Waals surface area contributed by atoms with Gasteiger partial charge in [0.2, 0.25) is 5.89 Å². The lowest BCUT2D eigenvalue weighted by atomic mass is 10.0. The highest BCUT2D eigenvalue weighted by atomic mass is 16.6. The second-order valence-electron chi connectivity index (χ2n) is 7.35. The van der Waals surface area contributed by atoms with Gasteiger partial charge in [0.1, 0.15) is 7.11 Å². The third-order valence-corrected chi connectivity index (χ3v) is 5.25. The molecule has 0 aliphatic carbocycles. The van der Waals surface area contributed by atoms with E-state index < -0.39 is 0 Å². The second kappa shape index (κ2) is 8.90. The van der Waals surface area contributed by atoms with Crippen molar-refractivity contribution in [2.24, 2.45) is 5.16 Å². The van der Waals surface area contributed by atoms with Gasteiger partial charge in [0.25, 0.3) is 5.91 Å². The molecule has 1 atom stereocenters. The number of hydrogen-bond donors (Lipinski definition) is 0. The Bertz CT molecular complexity index is 1030. The summed E-state index contributed by atoms with van der Waals surface area (Å²) in [6.45, 7) is 2.25. The van der Waals surface area contributed by atoms with Crippen LogP contribution >= 0.6 is 0 Å². The molecule has 7 nitrogen and oxygen atoms in total. The lowest BCUT2D eigenvalue weighted by Gasteiger charge is -2.23. The first-order valence-corrected chi connectivity index (χ1v) is 9.98. The first kappa shape index (κ1) is 19.8. The highest BCUT2D eigenvalue weighted by Crippen LogP contribution is 2.25. The minimum absolute atomic E-state index is 0.00686. The summed E-state index contributed by atoms with van der Waals surface area (Å²) in [7, 11) is 1.52. The van der Waals surface area contributed by atoms with E-state index in [2.05, 4.69) is 27.4 Å². The molecule has 0 unspecified atom stereocenters. The third-order valence-electron chi connectivity index (χ3n) is 5.25. The number of amides is 1. The van der Waals surface area contributed by atoms with E-state index in [4.69, 9.17) is 9.36 Å². The molecule has 1 amide bonds. The number of nitrogens with zero attached hydrogens (tertiary/aromatic N) is 4. The first-order valence-electron chi connectivity index (χ1n) is 9.98. The van der Waals surface area contributed by atoms with E-state index in [0.29, 0.717) is 36.7 Å². The van der Waals surface area contributed by atoms with Crippen LogP contribution in [0, 0.1) is 6.92 Å². The molecular formula is C23H24N4O3. The lowest BCUT2D eigenvalue weighted by molar-refractivity contribution is 0.0732. The molecule has 0 bridgehead atoms. The summed E-state index contributed by atoms with van der Waals surface area (Å²) in [4.78, 5) is 24.3. The van der Waals surface area contributed by atoms with E-state index in [9.17, 15) is 4.79 Å². The van der Waals surface area contributed by atoms with Crippen LogP contribution in [0.3, 0.4) is 0 Å². The molecule has 1 aliphatic heterocycles. The number of rotatable bonds is 6. The van der Waals surface area contributed by atoms with E-state index in [-0.39, 0.29) is 11.9 Å². The molecule has 1 aromatic heterocycles. The number of likely N-dealkylation sites (tertiary alicyclic amines) is 1. The van der Waals surface area contributed by atoms with Gasteiger partial charge in [-0.1, -0.05) is 52.8 Å². The summed E-state index contributed by atoms with van der Waals surface area (Å²) >= 11 is 0. The van der Waals surface area contributed by atoms with Crippen molar-refractivity contribution in [3.8, 4) is 11.1 Å². The van der Waals surface area contributed by atoms with Gasteiger partial charge in [-0.15, -0.1) is 0 Å². The molecule has 1 fully saturated rings. The van der Waals surface area contributed by atoms with Gasteiger partial charge in [-0.25, -0.2) is 0 Å². The fourth-order valence-corrected chi connectivity index (χ4v) is 3.80. The summed E-state index contributed by atoms with van der Waals surface area (Å²) in [5.41, 5.74) is 3.73. The normalized spacial score (nSPS) is 17.5. The summed E-state index contributed by atoms with van der Waals surface area (Å²) in [5.74, 6) is 1.19. The average molecular weight is 404 g/mol. The highest BCUT2D eigenvalue weighted by Gasteiger charge is 2.34. The van der Waals surface area contributed by atoms with Crippen molar-refractivity contribution in [3.05, 3.63) is 71.9 Å². The Morgan fingerprint density at radius 1 is 1.17 bits per heavy atom. The van der Waals surface area contributed by atoms with Crippen LogP contribution in [0.1, 0.15) is 34.9 Å². The monoisotopic (exact) mass is 404 g/mol. The number of carbonyl (C=O) groups is 1. The van der Waals surface area contributed by atoms with Crippen LogP contribution < -0.4 is 0 Å². The molecule has 2 aromatic carbocycles. The zero-order chi connectivity index (χ0) is 20.9. The van der Waals surface area contributed by atoms with E-state index in [1.165, 1.54) is 7.11 Å². The Morgan fingerprint density at radius 3 is 2.57 bits per heavy atom. The molecule has 7 heteroatoms. The summed E-state index contributed by atoms with van der Waals surface area (Å²) in [6, 6.07) is 17.9. The summed E-state index contributed by atoms with van der Waals surface area (Å²) in [5, 5.41) is 7.92. The van der Waals surface area contributed by atoms with Gasteiger partial charge < -0.3 is 14.3 Å². The Balaban J connectivity index is 1.50. The van der Waals surface area contributed by atoms with Crippen LogP contribution in [-0.2, 0) is 11.3 Å². The van der Waals surface area contributed by atoms with Crippen LogP contribution in [-0.4, -0.2) is 46.4 Å². The quantitative estimate of drug-likeness (QED) is 0.582. The van der Waals surface area contributed by atoms with E-state index >= 15 is 0 Å². The molecule has 2 heterocycles. The molecule has 1 saturated heterocycles. The molecule has 4 rings (SSSR count). The Kier molecular flexibility index (Phi) is 5.88. The van der Waals surface area contributed by atoms with E-state index in [1.807, 2.05) is 47.4 Å². The molecular weight excluding hydrogens is 380 g/mol. The van der Waals surface area contributed by atoms with Crippen molar-refractivity contribution >= 4 is 11.6 Å². The largest absolute Gasteiger partial charge is 0.399 e. The van der Waals surface area contributed by atoms with Crippen molar-refractivity contribution in [3.63, 3.8) is 0 Å². The number of aromatic nitrogens is 2. The van der Waals surface area contributed by atoms with E-state index in [1.54, 1.807) is 6.92 Å². The zero-order valence-corrected chi connectivity index (χ0v) is 17.1. The van der Waals surface area contributed by atoms with Gasteiger partial charge >= 0.3 is 0 Å². The lowest BCUT2D eigenvalue weighted by Crippen LogP contribution is -2.36. The van der Waals surface area contributed by atoms with Crippen molar-refractivity contribution < 1.29 is 14.2 Å². The van der Waals surface area contributed by atoms with Crippen molar-refractivity contribution in [2.75, 3.05) is 13.7 Å². The molecule has 1 aliphatic rings. The molecule has 30 heavy (non-hydrogen) atoms. The molecule has 3 aromatic rings. The van der Waals surface area contributed by atoms with Gasteiger partial charge in [0.15, 0.2) is 5.82 Å². The van der Waals surface area contributed by atoms with Gasteiger partial charge in [-0.3, -0.25) is 4.79 Å². The summed E-state index contributed by atoms with van der Waals surface area (Å²) in [6.07, 6.45) is 2.01. The number of oxime groups is 1. The Morgan fingerprint density at radius 2 is 1.90 bits per heavy atom. The number of carbonyl (C=O) groups excluding carboxylic acids is 1. The molecule has 0 radical (unpaired) electrons. The maximum absolute atomic E-state index is 13.2. The fraction of sp³-hybridized carbons (Fsp3) is 0.304. The van der Waals surface area contributed by atoms with E-state index in [0.717, 1.165) is 23.3 Å². The van der Waals surface area contributed by atoms with Crippen LogP contribution in [0.2, 0.25) is 0 Å². The maximum Gasteiger partial charge on any atom is 0.254 e. The molecule has 0 saturated carbocycles. The predicted octanol–water partition coefficient (Wildman–Crippen LogP) is 3.89. The summed E-state index contributed by atoms with van der Waals surface area (Å²) < 4.78 is 5.21. The van der Waals surface area contributed by atoms with Crippen molar-refractivity contribution in [2.45, 2.75) is 32.2 Å². The highest BCUT2D eigenvalue weighted by molar-refractivity contribution is 6.00. The third kappa shape index (κ3) is 4.40.